The van der Waals surface area contributed by atoms with Crippen LogP contribution in [0.2, 0.25) is 0 Å². The molecule has 3 aromatic rings. The van der Waals surface area contributed by atoms with Gasteiger partial charge in [0, 0.05) is 12.1 Å². The fourth-order valence-electron chi connectivity index (χ4n) is 2.07. The number of rotatable bonds is 7. The van der Waals surface area contributed by atoms with E-state index in [2.05, 4.69) is 15.6 Å². The van der Waals surface area contributed by atoms with Gasteiger partial charge in [-0.05, 0) is 30.3 Å². The van der Waals surface area contributed by atoms with Crippen molar-refractivity contribution in [3.05, 3.63) is 42.4 Å². The van der Waals surface area contributed by atoms with E-state index in [0.717, 1.165) is 26.0 Å². The molecule has 2 amide bonds. The highest BCUT2D eigenvalue weighted by Crippen LogP contribution is 2.31. The number of benzene rings is 1. The van der Waals surface area contributed by atoms with Crippen LogP contribution in [0.1, 0.15) is 19.1 Å². The van der Waals surface area contributed by atoms with Crippen molar-refractivity contribution in [1.29, 1.82) is 0 Å². The first kappa shape index (κ1) is 17.5. The lowest BCUT2D eigenvalue weighted by Crippen LogP contribution is -2.24. The molecule has 25 heavy (non-hydrogen) atoms. The van der Waals surface area contributed by atoms with Crippen LogP contribution in [0.5, 0.6) is 0 Å². The molecule has 0 bridgehead atoms. The Labute approximate surface area is 153 Å². The fourth-order valence-corrected chi connectivity index (χ4v) is 4.01. The average molecular weight is 375 g/mol. The zero-order valence-electron chi connectivity index (χ0n) is 13.6. The summed E-state index contributed by atoms with van der Waals surface area (Å²) in [4.78, 5) is 27.9. The Morgan fingerprint density at radius 1 is 1.28 bits per heavy atom. The summed E-state index contributed by atoms with van der Waals surface area (Å²) in [7, 11) is 0. The van der Waals surface area contributed by atoms with E-state index in [0.29, 0.717) is 18.7 Å². The van der Waals surface area contributed by atoms with Crippen LogP contribution in [0.15, 0.2) is 45.4 Å². The monoisotopic (exact) mass is 375 g/mol. The molecular formula is C17H17N3O3S2. The van der Waals surface area contributed by atoms with Gasteiger partial charge in [0.05, 0.1) is 28.8 Å². The second-order valence-electron chi connectivity index (χ2n) is 5.21. The molecule has 0 unspecified atom stereocenters. The smallest absolute Gasteiger partial charge is 0.230 e. The summed E-state index contributed by atoms with van der Waals surface area (Å²) in [5.41, 5.74) is 1.62. The number of anilines is 1. The van der Waals surface area contributed by atoms with Gasteiger partial charge < -0.3 is 15.1 Å². The molecule has 6 nitrogen and oxygen atoms in total. The lowest BCUT2D eigenvalue weighted by Gasteiger charge is -2.02. The van der Waals surface area contributed by atoms with Gasteiger partial charge >= 0.3 is 0 Å². The summed E-state index contributed by atoms with van der Waals surface area (Å²) in [6.07, 6.45) is 2.02. The molecule has 2 N–H and O–H groups in total. The third-order valence-corrected chi connectivity index (χ3v) is 5.50. The molecule has 130 valence electrons. The summed E-state index contributed by atoms with van der Waals surface area (Å²) >= 11 is 2.90. The highest BCUT2D eigenvalue weighted by molar-refractivity contribution is 8.01. The predicted octanol–water partition coefficient (Wildman–Crippen LogP) is 3.65. The van der Waals surface area contributed by atoms with Crippen LogP contribution in [-0.4, -0.2) is 22.6 Å². The van der Waals surface area contributed by atoms with Crippen LogP contribution in [0.4, 0.5) is 5.69 Å². The molecule has 0 radical (unpaired) electrons. The van der Waals surface area contributed by atoms with E-state index < -0.39 is 0 Å². The molecule has 0 atom stereocenters. The molecule has 2 aromatic heterocycles. The van der Waals surface area contributed by atoms with Crippen LogP contribution < -0.4 is 10.6 Å². The van der Waals surface area contributed by atoms with E-state index in [1.807, 2.05) is 31.2 Å². The topological polar surface area (TPSA) is 84.2 Å². The second kappa shape index (κ2) is 8.17. The van der Waals surface area contributed by atoms with Crippen molar-refractivity contribution in [3.63, 3.8) is 0 Å². The summed E-state index contributed by atoms with van der Waals surface area (Å²) in [6.45, 7) is 2.19. The highest BCUT2D eigenvalue weighted by atomic mass is 32.2. The van der Waals surface area contributed by atoms with Crippen LogP contribution in [-0.2, 0) is 16.1 Å². The Morgan fingerprint density at radius 2 is 2.16 bits per heavy atom. The third-order valence-electron chi connectivity index (χ3n) is 3.34. The molecule has 1 aromatic carbocycles. The number of thiazole rings is 1. The fraction of sp³-hybridized carbons (Fsp3) is 0.235. The lowest BCUT2D eigenvalue weighted by atomic mass is 10.3. The number of hydrogen-bond acceptors (Lipinski definition) is 6. The lowest BCUT2D eigenvalue weighted by molar-refractivity contribution is -0.119. The Bertz CT molecular complexity index is 875. The maximum absolute atomic E-state index is 11.9. The van der Waals surface area contributed by atoms with Gasteiger partial charge in [-0.25, -0.2) is 4.98 Å². The first-order valence-electron chi connectivity index (χ1n) is 7.76. The number of aromatic nitrogens is 1. The van der Waals surface area contributed by atoms with Crippen LogP contribution >= 0.6 is 23.1 Å². The summed E-state index contributed by atoms with van der Waals surface area (Å²) in [6, 6.07) is 9.21. The molecule has 0 saturated carbocycles. The molecule has 0 aliphatic rings. The largest absolute Gasteiger partial charge is 0.467 e. The molecule has 2 heterocycles. The molecule has 0 aliphatic carbocycles. The van der Waals surface area contributed by atoms with Crippen LogP contribution in [0, 0.1) is 0 Å². The van der Waals surface area contributed by atoms with Gasteiger partial charge in [-0.15, -0.1) is 11.3 Å². The zero-order chi connectivity index (χ0) is 17.6. The number of hydrogen-bond donors (Lipinski definition) is 2. The molecule has 3 rings (SSSR count). The Balaban J connectivity index is 1.56. The zero-order valence-corrected chi connectivity index (χ0v) is 15.2. The number of nitrogens with one attached hydrogen (secondary N) is 2. The van der Waals surface area contributed by atoms with E-state index in [1.54, 1.807) is 12.3 Å². The van der Waals surface area contributed by atoms with E-state index >= 15 is 0 Å². The van der Waals surface area contributed by atoms with Crippen LogP contribution in [0.25, 0.3) is 10.2 Å². The Kier molecular flexibility index (Phi) is 5.72. The maximum atomic E-state index is 11.9. The van der Waals surface area contributed by atoms with Gasteiger partial charge in [0.25, 0.3) is 0 Å². The molecule has 0 fully saturated rings. The summed E-state index contributed by atoms with van der Waals surface area (Å²) in [5, 5.41) is 5.64. The predicted molar refractivity (Wildman–Crippen MR) is 99.8 cm³/mol. The van der Waals surface area contributed by atoms with Crippen molar-refractivity contribution in [2.75, 3.05) is 11.1 Å². The summed E-state index contributed by atoms with van der Waals surface area (Å²) < 4.78 is 6.97. The first-order chi connectivity index (χ1) is 12.1. The number of carbonyl (C=O) groups is 2. The van der Waals surface area contributed by atoms with E-state index in [4.69, 9.17) is 4.42 Å². The number of fused-ring (bicyclic) bond motifs is 1. The molecular weight excluding hydrogens is 358 g/mol. The van der Waals surface area contributed by atoms with Gasteiger partial charge in [0.2, 0.25) is 11.8 Å². The molecule has 8 heteroatoms. The van der Waals surface area contributed by atoms with Gasteiger partial charge in [0.15, 0.2) is 4.34 Å². The number of furan rings is 1. The highest BCUT2D eigenvalue weighted by Gasteiger charge is 2.09. The Hall–Kier alpha value is -2.32. The van der Waals surface area contributed by atoms with Gasteiger partial charge in [-0.2, -0.15) is 0 Å². The van der Waals surface area contributed by atoms with Crippen molar-refractivity contribution >= 4 is 50.8 Å². The minimum absolute atomic E-state index is 0.0216. The normalized spacial score (nSPS) is 10.8. The second-order valence-corrected chi connectivity index (χ2v) is 7.46. The van der Waals surface area contributed by atoms with Crippen molar-refractivity contribution in [2.45, 2.75) is 24.2 Å². The van der Waals surface area contributed by atoms with Gasteiger partial charge in [0.1, 0.15) is 5.76 Å². The first-order valence-corrected chi connectivity index (χ1v) is 9.56. The average Bonchev–Trinajstić information content (AvgIpc) is 3.26. The quantitative estimate of drug-likeness (QED) is 0.616. The minimum Gasteiger partial charge on any atom is -0.467 e. The molecule has 0 aliphatic heterocycles. The van der Waals surface area contributed by atoms with Crippen molar-refractivity contribution in [2.24, 2.45) is 0 Å². The van der Waals surface area contributed by atoms with Gasteiger partial charge in [-0.3, -0.25) is 9.59 Å². The number of thioether (sulfide) groups is 1. The molecule has 0 spiro atoms. The van der Waals surface area contributed by atoms with Gasteiger partial charge in [-0.1, -0.05) is 18.7 Å². The third kappa shape index (κ3) is 4.83. The number of amides is 2. The summed E-state index contributed by atoms with van der Waals surface area (Å²) in [5.74, 6) is 0.920. The minimum atomic E-state index is -0.0726. The van der Waals surface area contributed by atoms with E-state index in [1.165, 1.54) is 23.1 Å². The van der Waals surface area contributed by atoms with E-state index in [-0.39, 0.29) is 11.8 Å². The SMILES string of the molecule is CCC(=O)Nc1ccc2nc(SCC(=O)NCc3ccco3)sc2c1. The van der Waals surface area contributed by atoms with E-state index in [9.17, 15) is 9.59 Å². The van der Waals surface area contributed by atoms with Crippen molar-refractivity contribution in [3.8, 4) is 0 Å². The maximum Gasteiger partial charge on any atom is 0.230 e. The number of nitrogens with zero attached hydrogens (tertiary/aromatic N) is 1. The van der Waals surface area contributed by atoms with Crippen molar-refractivity contribution < 1.29 is 14.0 Å². The number of carbonyl (C=O) groups excluding carboxylic acids is 2. The van der Waals surface area contributed by atoms with Crippen LogP contribution in [0.3, 0.4) is 0 Å². The van der Waals surface area contributed by atoms with Crippen molar-refractivity contribution in [1.82, 2.24) is 10.3 Å². The Morgan fingerprint density at radius 3 is 2.92 bits per heavy atom. The molecule has 0 saturated heterocycles. The standard InChI is InChI=1S/C17H17N3O3S2/c1-2-15(21)19-11-5-6-13-14(8-11)25-17(20-13)24-10-16(22)18-9-12-4-3-7-23-12/h3-8H,2,9-10H2,1H3,(H,18,22)(H,19,21).